The van der Waals surface area contributed by atoms with Crippen molar-refractivity contribution in [2.24, 2.45) is 17.1 Å². The van der Waals surface area contributed by atoms with Gasteiger partial charge in [0.05, 0.1) is 12.1 Å². The van der Waals surface area contributed by atoms with E-state index in [0.717, 1.165) is 19.3 Å². The first-order valence-corrected chi connectivity index (χ1v) is 9.43. The predicted molar refractivity (Wildman–Crippen MR) is 111 cm³/mol. The van der Waals surface area contributed by atoms with E-state index in [1.807, 2.05) is 26.2 Å². The maximum atomic E-state index is 12.3. The second-order valence-electron chi connectivity index (χ2n) is 7.48. The molecule has 1 aromatic rings. The Morgan fingerprint density at radius 1 is 1.27 bits per heavy atom. The van der Waals surface area contributed by atoms with Gasteiger partial charge in [-0.05, 0) is 25.3 Å². The van der Waals surface area contributed by atoms with E-state index >= 15 is 0 Å². The molecule has 0 spiro atoms. The maximum absolute atomic E-state index is 12.3. The summed E-state index contributed by atoms with van der Waals surface area (Å²) in [5.41, 5.74) is 6.02. The monoisotopic (exact) mass is 424 g/mol. The Morgan fingerprint density at radius 3 is 2.54 bits per heavy atom. The highest BCUT2D eigenvalue weighted by Gasteiger charge is 2.26. The van der Waals surface area contributed by atoms with Gasteiger partial charge < -0.3 is 16.4 Å². The van der Waals surface area contributed by atoms with Gasteiger partial charge in [0.15, 0.2) is 5.13 Å². The van der Waals surface area contributed by atoms with Crippen LogP contribution in [0.2, 0.25) is 0 Å². The van der Waals surface area contributed by atoms with Crippen LogP contribution >= 0.6 is 36.2 Å². The number of thiazole rings is 1. The summed E-state index contributed by atoms with van der Waals surface area (Å²) < 4.78 is 0. The van der Waals surface area contributed by atoms with Gasteiger partial charge in [-0.2, -0.15) is 0 Å². The first-order chi connectivity index (χ1) is 11.3. The fourth-order valence-corrected chi connectivity index (χ4v) is 3.54. The van der Waals surface area contributed by atoms with Crippen LogP contribution in [0.1, 0.15) is 52.1 Å². The number of nitrogens with one attached hydrogen (secondary N) is 2. The summed E-state index contributed by atoms with van der Waals surface area (Å²) in [6, 6.07) is 0.176. The van der Waals surface area contributed by atoms with Crippen molar-refractivity contribution in [3.05, 3.63) is 11.1 Å². The second-order valence-corrected chi connectivity index (χ2v) is 8.34. The van der Waals surface area contributed by atoms with Crippen LogP contribution in [0.5, 0.6) is 0 Å². The van der Waals surface area contributed by atoms with E-state index in [1.165, 1.54) is 17.8 Å². The SMILES string of the molecule is CC(C)(C)C(=O)Nc1nc(CC(=O)NC2CCCCC2CN)cs1.Cl.Cl. The van der Waals surface area contributed by atoms with Gasteiger partial charge in [0.2, 0.25) is 11.8 Å². The standard InChI is InChI=1S/C17H28N4O2S.2ClH/c1-17(2,3)15(23)21-16-19-12(10-24-16)8-14(22)20-13-7-5-4-6-11(13)9-18;;/h10-11,13H,4-9,18H2,1-3H3,(H,20,22)(H,19,21,23);2*1H. The molecule has 26 heavy (non-hydrogen) atoms. The Morgan fingerprint density at radius 2 is 1.92 bits per heavy atom. The number of halogens is 2. The number of hydrogen-bond acceptors (Lipinski definition) is 5. The summed E-state index contributed by atoms with van der Waals surface area (Å²) in [5.74, 6) is 0.264. The van der Waals surface area contributed by atoms with E-state index in [9.17, 15) is 9.59 Å². The molecule has 4 N–H and O–H groups in total. The summed E-state index contributed by atoms with van der Waals surface area (Å²) in [4.78, 5) is 28.6. The molecule has 1 fully saturated rings. The van der Waals surface area contributed by atoms with Crippen molar-refractivity contribution in [3.63, 3.8) is 0 Å². The van der Waals surface area contributed by atoms with Crippen LogP contribution in [0.4, 0.5) is 5.13 Å². The largest absolute Gasteiger partial charge is 0.353 e. The number of carbonyl (C=O) groups excluding carboxylic acids is 2. The summed E-state index contributed by atoms with van der Waals surface area (Å²) >= 11 is 1.34. The fraction of sp³-hybridized carbons (Fsp3) is 0.706. The molecule has 150 valence electrons. The first kappa shape index (κ1) is 25.1. The molecule has 0 radical (unpaired) electrons. The van der Waals surface area contributed by atoms with Gasteiger partial charge in [-0.1, -0.05) is 33.6 Å². The van der Waals surface area contributed by atoms with Crippen LogP contribution in [0.3, 0.4) is 0 Å². The average molecular weight is 425 g/mol. The number of amides is 2. The van der Waals surface area contributed by atoms with E-state index < -0.39 is 5.41 Å². The Hall–Kier alpha value is -0.890. The van der Waals surface area contributed by atoms with Gasteiger partial charge >= 0.3 is 0 Å². The normalized spacial score (nSPS) is 19.7. The van der Waals surface area contributed by atoms with E-state index in [1.54, 1.807) is 0 Å². The minimum atomic E-state index is -0.471. The smallest absolute Gasteiger partial charge is 0.231 e. The molecule has 1 saturated carbocycles. The number of nitrogens with two attached hydrogens (primary N) is 1. The van der Waals surface area contributed by atoms with Gasteiger partial charge in [-0.25, -0.2) is 4.98 Å². The van der Waals surface area contributed by atoms with Crippen molar-refractivity contribution in [1.29, 1.82) is 0 Å². The number of aromatic nitrogens is 1. The third-order valence-electron chi connectivity index (χ3n) is 4.35. The zero-order valence-electron chi connectivity index (χ0n) is 15.5. The molecule has 0 aromatic carbocycles. The van der Waals surface area contributed by atoms with Crippen LogP contribution in [-0.4, -0.2) is 29.4 Å². The Bertz CT molecular complexity index is 590. The quantitative estimate of drug-likeness (QED) is 0.675. The zero-order valence-corrected chi connectivity index (χ0v) is 18.0. The van der Waals surface area contributed by atoms with Crippen molar-refractivity contribution in [3.8, 4) is 0 Å². The number of hydrogen-bond donors (Lipinski definition) is 3. The van der Waals surface area contributed by atoms with Crippen molar-refractivity contribution >= 4 is 53.1 Å². The van der Waals surface area contributed by atoms with Crippen LogP contribution in [0.25, 0.3) is 0 Å². The van der Waals surface area contributed by atoms with Crippen LogP contribution in [0, 0.1) is 11.3 Å². The highest BCUT2D eigenvalue weighted by atomic mass is 35.5. The van der Waals surface area contributed by atoms with E-state index in [4.69, 9.17) is 5.73 Å². The van der Waals surface area contributed by atoms with Crippen molar-refractivity contribution in [1.82, 2.24) is 10.3 Å². The van der Waals surface area contributed by atoms with Crippen molar-refractivity contribution in [2.45, 2.75) is 58.9 Å². The highest BCUT2D eigenvalue weighted by Crippen LogP contribution is 2.24. The van der Waals surface area contributed by atoms with Crippen LogP contribution in [-0.2, 0) is 16.0 Å². The van der Waals surface area contributed by atoms with Gasteiger partial charge in [0, 0.05) is 16.8 Å². The molecule has 6 nitrogen and oxygen atoms in total. The van der Waals surface area contributed by atoms with Gasteiger partial charge in [0.25, 0.3) is 0 Å². The summed E-state index contributed by atoms with van der Waals surface area (Å²) in [6.45, 7) is 6.16. The molecule has 1 heterocycles. The molecule has 0 aliphatic heterocycles. The molecular formula is C17H30Cl2N4O2S. The lowest BCUT2D eigenvalue weighted by Crippen LogP contribution is -2.45. The molecule has 9 heteroatoms. The topological polar surface area (TPSA) is 97.1 Å². The minimum Gasteiger partial charge on any atom is -0.353 e. The van der Waals surface area contributed by atoms with E-state index in [2.05, 4.69) is 15.6 Å². The maximum Gasteiger partial charge on any atom is 0.231 e. The molecule has 1 aliphatic rings. The lowest BCUT2D eigenvalue weighted by Gasteiger charge is -2.31. The molecule has 2 atom stereocenters. The molecule has 1 aromatic heterocycles. The molecule has 2 rings (SSSR count). The Kier molecular flexibility index (Phi) is 10.7. The molecule has 1 aliphatic carbocycles. The van der Waals surface area contributed by atoms with Crippen molar-refractivity contribution < 1.29 is 9.59 Å². The van der Waals surface area contributed by atoms with Crippen LogP contribution < -0.4 is 16.4 Å². The van der Waals surface area contributed by atoms with Gasteiger partial charge in [-0.3, -0.25) is 9.59 Å². The van der Waals surface area contributed by atoms with E-state index in [0.29, 0.717) is 23.3 Å². The number of rotatable bonds is 5. The lowest BCUT2D eigenvalue weighted by molar-refractivity contribution is -0.123. The predicted octanol–water partition coefficient (Wildman–Crippen LogP) is 3.15. The van der Waals surface area contributed by atoms with Crippen molar-refractivity contribution in [2.75, 3.05) is 11.9 Å². The summed E-state index contributed by atoms with van der Waals surface area (Å²) in [7, 11) is 0. The second kappa shape index (κ2) is 11.1. The highest BCUT2D eigenvalue weighted by molar-refractivity contribution is 7.13. The third kappa shape index (κ3) is 7.39. The lowest BCUT2D eigenvalue weighted by atomic mass is 9.84. The minimum absolute atomic E-state index is 0. The molecule has 0 saturated heterocycles. The molecule has 2 unspecified atom stereocenters. The fourth-order valence-electron chi connectivity index (χ4n) is 2.83. The number of carbonyl (C=O) groups is 2. The van der Waals surface area contributed by atoms with Gasteiger partial charge in [-0.15, -0.1) is 36.2 Å². The summed E-state index contributed by atoms with van der Waals surface area (Å²) in [6.07, 6.45) is 4.65. The molecule has 0 bridgehead atoms. The number of nitrogens with zero attached hydrogens (tertiary/aromatic N) is 1. The Labute approximate surface area is 171 Å². The third-order valence-corrected chi connectivity index (χ3v) is 5.16. The van der Waals surface area contributed by atoms with Gasteiger partial charge in [0.1, 0.15) is 0 Å². The average Bonchev–Trinajstić information content (AvgIpc) is 2.93. The number of anilines is 1. The zero-order chi connectivity index (χ0) is 17.7. The summed E-state index contributed by atoms with van der Waals surface area (Å²) in [5, 5.41) is 8.25. The first-order valence-electron chi connectivity index (χ1n) is 8.55. The van der Waals surface area contributed by atoms with E-state index in [-0.39, 0.29) is 49.1 Å². The Balaban J connectivity index is 0.00000312. The van der Waals surface area contributed by atoms with Crippen LogP contribution in [0.15, 0.2) is 5.38 Å². The molecule has 2 amide bonds. The molecular weight excluding hydrogens is 395 g/mol.